The van der Waals surface area contributed by atoms with Crippen molar-refractivity contribution in [2.45, 2.75) is 0 Å². The first-order chi connectivity index (χ1) is 14.2. The molecule has 0 radical (unpaired) electrons. The summed E-state index contributed by atoms with van der Waals surface area (Å²) in [7, 11) is 0. The van der Waals surface area contributed by atoms with Gasteiger partial charge in [0, 0.05) is 35.3 Å². The molecule has 4 rings (SSSR count). The monoisotopic (exact) mass is 382 g/mol. The van der Waals surface area contributed by atoms with Crippen molar-refractivity contribution in [3.63, 3.8) is 0 Å². The Labute approximate surface area is 165 Å². The number of benzene rings is 2. The molecule has 0 aliphatic carbocycles. The van der Waals surface area contributed by atoms with E-state index in [0.29, 0.717) is 11.6 Å². The van der Waals surface area contributed by atoms with Gasteiger partial charge in [0.25, 0.3) is 0 Å². The van der Waals surface area contributed by atoms with Crippen molar-refractivity contribution in [2.24, 2.45) is 0 Å². The van der Waals surface area contributed by atoms with Gasteiger partial charge in [0.15, 0.2) is 11.6 Å². The number of rotatable bonds is 4. The molecule has 0 bridgehead atoms. The smallest absolute Gasteiger partial charge is 0.338 e. The average molecular weight is 382 g/mol. The van der Waals surface area contributed by atoms with E-state index in [-0.39, 0.29) is 0 Å². The quantitative estimate of drug-likeness (QED) is 0.303. The zero-order valence-electron chi connectivity index (χ0n) is 15.1. The number of para-hydroxylation sites is 2. The van der Waals surface area contributed by atoms with Crippen LogP contribution in [0.15, 0.2) is 73.1 Å². The number of hydrogen-bond acceptors (Lipinski definition) is 7. The van der Waals surface area contributed by atoms with Crippen molar-refractivity contribution in [3.8, 4) is 0 Å². The van der Waals surface area contributed by atoms with Crippen molar-refractivity contribution in [2.75, 3.05) is 0 Å². The molecule has 2 aromatic heterocycles. The lowest BCUT2D eigenvalue weighted by molar-refractivity contribution is -0.152. The fourth-order valence-electron chi connectivity index (χ4n) is 2.59. The van der Waals surface area contributed by atoms with Crippen LogP contribution in [0.5, 0.6) is 0 Å². The summed E-state index contributed by atoms with van der Waals surface area (Å²) in [6.07, 6.45) is 8.29. The molecule has 0 aliphatic heterocycles. The standard InChI is InChI=1S/C22H14N4O3/c27-21(11-9-19-23-13-15-5-1-3-7-17(15)25-19)29-22(28)12-10-20-24-14-16-6-2-4-8-18(16)26-20/h1-14H/b11-9+,12-10+. The minimum absolute atomic E-state index is 0.341. The summed E-state index contributed by atoms with van der Waals surface area (Å²) in [5.41, 5.74) is 1.51. The third-order valence-electron chi connectivity index (χ3n) is 3.95. The van der Waals surface area contributed by atoms with Gasteiger partial charge in [-0.3, -0.25) is 0 Å². The Bertz CT molecular complexity index is 1180. The van der Waals surface area contributed by atoms with Crippen LogP contribution in [0, 0.1) is 0 Å². The zero-order chi connectivity index (χ0) is 20.1. The fraction of sp³-hybridized carbons (Fsp3) is 0. The topological polar surface area (TPSA) is 94.9 Å². The first-order valence-corrected chi connectivity index (χ1v) is 8.73. The minimum atomic E-state index is -0.823. The highest BCUT2D eigenvalue weighted by molar-refractivity contribution is 5.99. The van der Waals surface area contributed by atoms with E-state index in [0.717, 1.165) is 34.0 Å². The van der Waals surface area contributed by atoms with Crippen LogP contribution in [-0.2, 0) is 14.3 Å². The Hall–Kier alpha value is -4.26. The molecule has 7 heteroatoms. The maximum atomic E-state index is 11.8. The second-order valence-corrected chi connectivity index (χ2v) is 5.98. The number of nitrogens with zero attached hydrogens (tertiary/aromatic N) is 4. The van der Waals surface area contributed by atoms with Crippen LogP contribution < -0.4 is 0 Å². The molecule has 0 unspecified atom stereocenters. The van der Waals surface area contributed by atoms with Crippen LogP contribution in [0.2, 0.25) is 0 Å². The molecule has 140 valence electrons. The number of esters is 2. The third-order valence-corrected chi connectivity index (χ3v) is 3.95. The van der Waals surface area contributed by atoms with E-state index in [1.54, 1.807) is 12.4 Å². The Morgan fingerprint density at radius 3 is 1.62 bits per heavy atom. The molecule has 2 heterocycles. The highest BCUT2D eigenvalue weighted by Gasteiger charge is 2.05. The lowest BCUT2D eigenvalue weighted by Gasteiger charge is -1.98. The molecule has 0 fully saturated rings. The Morgan fingerprint density at radius 1 is 0.690 bits per heavy atom. The van der Waals surface area contributed by atoms with Crippen molar-refractivity contribution < 1.29 is 14.3 Å². The predicted molar refractivity (Wildman–Crippen MR) is 108 cm³/mol. The summed E-state index contributed by atoms with van der Waals surface area (Å²) in [6.45, 7) is 0. The molecule has 0 N–H and O–H groups in total. The molecule has 7 nitrogen and oxygen atoms in total. The number of fused-ring (bicyclic) bond motifs is 2. The SMILES string of the molecule is O=C(/C=C/c1ncc2ccccc2n1)OC(=O)/C=C/c1ncc2ccccc2n1. The summed E-state index contributed by atoms with van der Waals surface area (Å²) in [5, 5.41) is 1.78. The number of carbonyl (C=O) groups is 2. The number of hydrogen-bond donors (Lipinski definition) is 0. The molecule has 0 amide bonds. The molecule has 0 spiro atoms. The van der Waals surface area contributed by atoms with Gasteiger partial charge in [0.2, 0.25) is 0 Å². The van der Waals surface area contributed by atoms with Crippen LogP contribution in [0.1, 0.15) is 11.6 Å². The third kappa shape index (κ3) is 4.54. The summed E-state index contributed by atoms with van der Waals surface area (Å²) < 4.78 is 4.71. The van der Waals surface area contributed by atoms with Crippen LogP contribution in [-0.4, -0.2) is 31.9 Å². The lowest BCUT2D eigenvalue weighted by Crippen LogP contribution is -2.07. The van der Waals surface area contributed by atoms with Gasteiger partial charge in [-0.25, -0.2) is 29.5 Å². The Balaban J connectivity index is 1.38. The number of carbonyl (C=O) groups excluding carboxylic acids is 2. The summed E-state index contributed by atoms with van der Waals surface area (Å²) in [5.74, 6) is -0.965. The molecular weight excluding hydrogens is 368 g/mol. The van der Waals surface area contributed by atoms with Crippen LogP contribution in [0.25, 0.3) is 34.0 Å². The van der Waals surface area contributed by atoms with E-state index in [1.807, 2.05) is 48.5 Å². The van der Waals surface area contributed by atoms with Gasteiger partial charge in [0.05, 0.1) is 11.0 Å². The number of aromatic nitrogens is 4. The van der Waals surface area contributed by atoms with Crippen molar-refractivity contribution in [1.82, 2.24) is 19.9 Å². The molecule has 0 saturated carbocycles. The summed E-state index contributed by atoms with van der Waals surface area (Å²) in [4.78, 5) is 40.5. The van der Waals surface area contributed by atoms with E-state index in [9.17, 15) is 9.59 Å². The van der Waals surface area contributed by atoms with E-state index < -0.39 is 11.9 Å². The lowest BCUT2D eigenvalue weighted by atomic mass is 10.2. The first kappa shape index (κ1) is 18.1. The Morgan fingerprint density at radius 2 is 1.14 bits per heavy atom. The maximum Gasteiger partial charge on any atom is 0.338 e. The predicted octanol–water partition coefficient (Wildman–Crippen LogP) is 3.37. The Kier molecular flexibility index (Phi) is 5.11. The van der Waals surface area contributed by atoms with Crippen LogP contribution in [0.3, 0.4) is 0 Å². The number of ether oxygens (including phenoxy) is 1. The van der Waals surface area contributed by atoms with E-state index in [1.165, 1.54) is 12.2 Å². The van der Waals surface area contributed by atoms with Gasteiger partial charge >= 0.3 is 11.9 Å². The molecule has 4 aromatic rings. The van der Waals surface area contributed by atoms with E-state index in [4.69, 9.17) is 4.74 Å². The molecule has 0 atom stereocenters. The maximum absolute atomic E-state index is 11.8. The summed E-state index contributed by atoms with van der Waals surface area (Å²) in [6, 6.07) is 15.0. The second-order valence-electron chi connectivity index (χ2n) is 5.98. The van der Waals surface area contributed by atoms with Gasteiger partial charge in [0.1, 0.15) is 0 Å². The van der Waals surface area contributed by atoms with Crippen molar-refractivity contribution in [1.29, 1.82) is 0 Å². The van der Waals surface area contributed by atoms with E-state index in [2.05, 4.69) is 19.9 Å². The van der Waals surface area contributed by atoms with Crippen LogP contribution in [0.4, 0.5) is 0 Å². The average Bonchev–Trinajstić information content (AvgIpc) is 2.76. The molecular formula is C22H14N4O3. The van der Waals surface area contributed by atoms with Crippen LogP contribution >= 0.6 is 0 Å². The minimum Gasteiger partial charge on any atom is -0.387 e. The highest BCUT2D eigenvalue weighted by Crippen LogP contribution is 2.11. The molecule has 29 heavy (non-hydrogen) atoms. The van der Waals surface area contributed by atoms with Gasteiger partial charge in [-0.1, -0.05) is 36.4 Å². The van der Waals surface area contributed by atoms with E-state index >= 15 is 0 Å². The molecule has 2 aromatic carbocycles. The summed E-state index contributed by atoms with van der Waals surface area (Å²) >= 11 is 0. The molecule has 0 aliphatic rings. The largest absolute Gasteiger partial charge is 0.387 e. The molecule has 0 saturated heterocycles. The second kappa shape index (κ2) is 8.18. The van der Waals surface area contributed by atoms with Crippen molar-refractivity contribution >= 4 is 45.9 Å². The van der Waals surface area contributed by atoms with Gasteiger partial charge in [-0.2, -0.15) is 0 Å². The van der Waals surface area contributed by atoms with Gasteiger partial charge < -0.3 is 4.74 Å². The van der Waals surface area contributed by atoms with Gasteiger partial charge in [-0.15, -0.1) is 0 Å². The fourth-order valence-corrected chi connectivity index (χ4v) is 2.59. The van der Waals surface area contributed by atoms with Gasteiger partial charge in [-0.05, 0) is 24.3 Å². The first-order valence-electron chi connectivity index (χ1n) is 8.73. The highest BCUT2D eigenvalue weighted by atomic mass is 16.6. The van der Waals surface area contributed by atoms with Crippen molar-refractivity contribution in [3.05, 3.63) is 84.7 Å². The zero-order valence-corrected chi connectivity index (χ0v) is 15.1. The normalized spacial score (nSPS) is 11.4.